The lowest BCUT2D eigenvalue weighted by molar-refractivity contribution is -0.193. The van der Waals surface area contributed by atoms with Crippen LogP contribution in [-0.2, 0) is 19.1 Å². The first-order valence-corrected chi connectivity index (χ1v) is 3.56. The number of cyclic esters (lactones) is 2. The second-order valence-electron chi connectivity index (χ2n) is 2.41. The highest BCUT2D eigenvalue weighted by atomic mass is 16.6. The van der Waals surface area contributed by atoms with Crippen LogP contribution in [0.4, 0.5) is 0 Å². The van der Waals surface area contributed by atoms with Gasteiger partial charge in [-0.15, -0.1) is 0 Å². The Bertz CT molecular complexity index is 187. The number of rotatable bonds is 1. The molecule has 1 fully saturated rings. The molecule has 0 spiro atoms. The molecule has 1 aliphatic rings. The maximum Gasteiger partial charge on any atom is 0.348 e. The molecule has 0 aromatic heterocycles. The van der Waals surface area contributed by atoms with Crippen LogP contribution in [0.25, 0.3) is 0 Å². The van der Waals surface area contributed by atoms with Gasteiger partial charge in [-0.3, -0.25) is 0 Å². The summed E-state index contributed by atoms with van der Waals surface area (Å²) < 4.78 is 9.43. The van der Waals surface area contributed by atoms with Crippen molar-refractivity contribution >= 4 is 11.9 Å². The number of carbonyl (C=O) groups excluding carboxylic acids is 2. The number of esters is 2. The molecular formula is C7H10O4. The lowest BCUT2D eigenvalue weighted by atomic mass is 10.2. The van der Waals surface area contributed by atoms with E-state index in [-0.39, 0.29) is 0 Å². The van der Waals surface area contributed by atoms with Crippen molar-refractivity contribution < 1.29 is 19.1 Å². The molecule has 0 bridgehead atoms. The summed E-state index contributed by atoms with van der Waals surface area (Å²) in [5, 5.41) is 0. The first kappa shape index (κ1) is 8.04. The maximum atomic E-state index is 10.9. The van der Waals surface area contributed by atoms with Crippen LogP contribution in [0.1, 0.15) is 20.3 Å². The topological polar surface area (TPSA) is 52.6 Å². The van der Waals surface area contributed by atoms with Gasteiger partial charge >= 0.3 is 11.9 Å². The van der Waals surface area contributed by atoms with Gasteiger partial charge in [-0.2, -0.15) is 0 Å². The summed E-state index contributed by atoms with van der Waals surface area (Å²) in [4.78, 5) is 21.7. The predicted molar refractivity (Wildman–Crippen MR) is 35.7 cm³/mol. The average molecular weight is 158 g/mol. The molecule has 1 heterocycles. The van der Waals surface area contributed by atoms with Crippen LogP contribution in [0.3, 0.4) is 0 Å². The third kappa shape index (κ3) is 1.50. The summed E-state index contributed by atoms with van der Waals surface area (Å²) in [7, 11) is 0. The van der Waals surface area contributed by atoms with Crippen molar-refractivity contribution in [1.29, 1.82) is 0 Å². The molecule has 62 valence electrons. The van der Waals surface area contributed by atoms with Gasteiger partial charge < -0.3 is 9.47 Å². The SMILES string of the molecule is CC[C@@H]1OC(=O)[C@H](C)OC1=O. The summed E-state index contributed by atoms with van der Waals surface area (Å²) in [5.41, 5.74) is 0. The van der Waals surface area contributed by atoms with Crippen LogP contribution in [0, 0.1) is 0 Å². The minimum atomic E-state index is -0.745. The summed E-state index contributed by atoms with van der Waals surface area (Å²) in [6, 6.07) is 0. The van der Waals surface area contributed by atoms with Crippen LogP contribution >= 0.6 is 0 Å². The molecular weight excluding hydrogens is 148 g/mol. The van der Waals surface area contributed by atoms with Crippen molar-refractivity contribution in [3.8, 4) is 0 Å². The molecule has 0 amide bonds. The summed E-state index contributed by atoms with van der Waals surface area (Å²) >= 11 is 0. The average Bonchev–Trinajstić information content (AvgIpc) is 1.97. The van der Waals surface area contributed by atoms with Crippen LogP contribution in [0.2, 0.25) is 0 Å². The van der Waals surface area contributed by atoms with Crippen molar-refractivity contribution in [1.82, 2.24) is 0 Å². The van der Waals surface area contributed by atoms with E-state index in [2.05, 4.69) is 4.74 Å². The highest BCUT2D eigenvalue weighted by molar-refractivity contribution is 5.87. The Morgan fingerprint density at radius 3 is 2.45 bits per heavy atom. The monoisotopic (exact) mass is 158 g/mol. The third-order valence-electron chi connectivity index (χ3n) is 1.52. The minimum Gasteiger partial charge on any atom is -0.448 e. The van der Waals surface area contributed by atoms with E-state index in [1.165, 1.54) is 6.92 Å². The second kappa shape index (κ2) is 2.90. The lowest BCUT2D eigenvalue weighted by Gasteiger charge is -2.24. The second-order valence-corrected chi connectivity index (χ2v) is 2.41. The molecule has 1 saturated heterocycles. The molecule has 2 atom stereocenters. The molecule has 0 radical (unpaired) electrons. The Morgan fingerprint density at radius 1 is 1.27 bits per heavy atom. The lowest BCUT2D eigenvalue weighted by Crippen LogP contribution is -2.42. The van der Waals surface area contributed by atoms with Gasteiger partial charge in [0.15, 0.2) is 12.2 Å². The van der Waals surface area contributed by atoms with Gasteiger partial charge in [-0.1, -0.05) is 6.92 Å². The Labute approximate surface area is 64.5 Å². The van der Waals surface area contributed by atoms with E-state index in [1.807, 2.05) is 0 Å². The van der Waals surface area contributed by atoms with Crippen LogP contribution in [-0.4, -0.2) is 24.1 Å². The smallest absolute Gasteiger partial charge is 0.348 e. The highest BCUT2D eigenvalue weighted by Crippen LogP contribution is 2.11. The molecule has 1 rings (SSSR count). The quantitative estimate of drug-likeness (QED) is 0.513. The Balaban J connectivity index is 2.62. The van der Waals surface area contributed by atoms with Gasteiger partial charge in [-0.25, -0.2) is 9.59 Å². The fourth-order valence-corrected chi connectivity index (χ4v) is 0.832. The zero-order valence-corrected chi connectivity index (χ0v) is 6.49. The molecule has 4 nitrogen and oxygen atoms in total. The molecule has 1 aliphatic heterocycles. The normalized spacial score (nSPS) is 31.1. The van der Waals surface area contributed by atoms with E-state index in [9.17, 15) is 9.59 Å². The molecule has 0 unspecified atom stereocenters. The Kier molecular flexibility index (Phi) is 2.12. The predicted octanol–water partition coefficient (Wildman–Crippen LogP) is 0.254. The van der Waals surface area contributed by atoms with Crippen molar-refractivity contribution in [2.75, 3.05) is 0 Å². The van der Waals surface area contributed by atoms with Crippen molar-refractivity contribution in [2.45, 2.75) is 32.5 Å². The molecule has 0 aromatic rings. The van der Waals surface area contributed by atoms with E-state index in [4.69, 9.17) is 4.74 Å². The first-order chi connectivity index (χ1) is 5.15. The zero-order valence-electron chi connectivity index (χ0n) is 6.49. The number of ether oxygens (including phenoxy) is 2. The van der Waals surface area contributed by atoms with Gasteiger partial charge in [0.05, 0.1) is 0 Å². The van der Waals surface area contributed by atoms with Gasteiger partial charge in [0.2, 0.25) is 0 Å². The largest absolute Gasteiger partial charge is 0.448 e. The van der Waals surface area contributed by atoms with E-state index in [1.54, 1.807) is 6.92 Å². The highest BCUT2D eigenvalue weighted by Gasteiger charge is 2.33. The fraction of sp³-hybridized carbons (Fsp3) is 0.714. The van der Waals surface area contributed by atoms with E-state index < -0.39 is 24.1 Å². The molecule has 0 aliphatic carbocycles. The zero-order chi connectivity index (χ0) is 8.43. The van der Waals surface area contributed by atoms with Gasteiger partial charge in [0, 0.05) is 0 Å². The summed E-state index contributed by atoms with van der Waals surface area (Å²) in [5.74, 6) is -0.906. The number of hydrogen-bond acceptors (Lipinski definition) is 4. The molecule has 0 N–H and O–H groups in total. The third-order valence-corrected chi connectivity index (χ3v) is 1.52. The summed E-state index contributed by atoms with van der Waals surface area (Å²) in [6.07, 6.45) is -0.971. The van der Waals surface area contributed by atoms with Crippen molar-refractivity contribution in [2.24, 2.45) is 0 Å². The van der Waals surface area contributed by atoms with Crippen LogP contribution in [0.15, 0.2) is 0 Å². The minimum absolute atomic E-state index is 0.445. The molecule has 11 heavy (non-hydrogen) atoms. The van der Waals surface area contributed by atoms with Gasteiger partial charge in [-0.05, 0) is 13.3 Å². The summed E-state index contributed by atoms with van der Waals surface area (Å²) in [6.45, 7) is 3.25. The van der Waals surface area contributed by atoms with E-state index >= 15 is 0 Å². The van der Waals surface area contributed by atoms with E-state index in [0.29, 0.717) is 6.42 Å². The van der Waals surface area contributed by atoms with Crippen molar-refractivity contribution in [3.05, 3.63) is 0 Å². The van der Waals surface area contributed by atoms with Crippen molar-refractivity contribution in [3.63, 3.8) is 0 Å². The van der Waals surface area contributed by atoms with E-state index in [0.717, 1.165) is 0 Å². The Hall–Kier alpha value is -1.06. The Morgan fingerprint density at radius 2 is 1.91 bits per heavy atom. The maximum absolute atomic E-state index is 10.9. The molecule has 4 heteroatoms. The molecule has 0 saturated carbocycles. The number of carbonyl (C=O) groups is 2. The number of hydrogen-bond donors (Lipinski definition) is 0. The van der Waals surface area contributed by atoms with Gasteiger partial charge in [0.1, 0.15) is 0 Å². The standard InChI is InChI=1S/C7H10O4/c1-3-5-7(9)10-4(2)6(8)11-5/h4-5H,3H2,1-2H3/t4-,5-/m0/s1. The molecule has 0 aromatic carbocycles. The van der Waals surface area contributed by atoms with Crippen LogP contribution in [0.5, 0.6) is 0 Å². The first-order valence-electron chi connectivity index (χ1n) is 3.56. The van der Waals surface area contributed by atoms with Gasteiger partial charge in [0.25, 0.3) is 0 Å². The fourth-order valence-electron chi connectivity index (χ4n) is 0.832. The van der Waals surface area contributed by atoms with Crippen LogP contribution < -0.4 is 0 Å².